The van der Waals surface area contributed by atoms with Crippen molar-refractivity contribution in [3.8, 4) is 0 Å². The molecule has 0 saturated carbocycles. The molecule has 0 radical (unpaired) electrons. The van der Waals surface area contributed by atoms with Crippen LogP contribution in [0.25, 0.3) is 0 Å². The fourth-order valence-electron chi connectivity index (χ4n) is 3.06. The van der Waals surface area contributed by atoms with Gasteiger partial charge >= 0.3 is 0 Å². The molecule has 0 unspecified atom stereocenters. The highest BCUT2D eigenvalue weighted by Gasteiger charge is 2.25. The Morgan fingerprint density at radius 1 is 0.875 bits per heavy atom. The Hall–Kier alpha value is -1.85. The number of rotatable bonds is 4. The predicted octanol–water partition coefficient (Wildman–Crippen LogP) is 3.04. The monoisotopic (exact) mass is 344 g/mol. The molecule has 4 nitrogen and oxygen atoms in total. The molecule has 1 saturated heterocycles. The van der Waals surface area contributed by atoms with Crippen LogP contribution in [0.4, 0.5) is 5.69 Å². The molecule has 0 aromatic heterocycles. The zero-order chi connectivity index (χ0) is 17.0. The molecule has 0 amide bonds. The van der Waals surface area contributed by atoms with Gasteiger partial charge in [-0.25, -0.2) is 8.42 Å². The van der Waals surface area contributed by atoms with Crippen LogP contribution in [0.15, 0.2) is 54.6 Å². The van der Waals surface area contributed by atoms with Gasteiger partial charge in [0.15, 0.2) is 0 Å². The third-order valence-electron chi connectivity index (χ3n) is 4.44. The van der Waals surface area contributed by atoms with Gasteiger partial charge in [-0.15, -0.1) is 0 Å². The highest BCUT2D eigenvalue weighted by atomic mass is 32.2. The second-order valence-electron chi connectivity index (χ2n) is 6.32. The van der Waals surface area contributed by atoms with Crippen LogP contribution in [-0.2, 0) is 15.8 Å². The van der Waals surface area contributed by atoms with Crippen molar-refractivity contribution in [2.45, 2.75) is 19.1 Å². The summed E-state index contributed by atoms with van der Waals surface area (Å²) >= 11 is 0. The van der Waals surface area contributed by atoms with E-state index < -0.39 is 10.0 Å². The first-order valence-electron chi connectivity index (χ1n) is 8.38. The minimum Gasteiger partial charge on any atom is -0.370 e. The van der Waals surface area contributed by atoms with Gasteiger partial charge in [-0.1, -0.05) is 48.0 Å². The summed E-state index contributed by atoms with van der Waals surface area (Å²) in [6.07, 6.45) is 0.849. The summed E-state index contributed by atoms with van der Waals surface area (Å²) in [6.45, 7) is 4.77. The van der Waals surface area contributed by atoms with E-state index in [9.17, 15) is 8.42 Å². The second kappa shape index (κ2) is 7.36. The molecular formula is C19H24N2O2S. The molecule has 128 valence electrons. The molecule has 1 aliphatic rings. The Morgan fingerprint density at radius 2 is 1.58 bits per heavy atom. The summed E-state index contributed by atoms with van der Waals surface area (Å²) in [7, 11) is -3.27. The van der Waals surface area contributed by atoms with E-state index in [2.05, 4.69) is 17.0 Å². The van der Waals surface area contributed by atoms with E-state index >= 15 is 0 Å². The third-order valence-corrected chi connectivity index (χ3v) is 6.29. The van der Waals surface area contributed by atoms with E-state index in [0.29, 0.717) is 13.1 Å². The van der Waals surface area contributed by atoms with Gasteiger partial charge in [0.25, 0.3) is 0 Å². The molecule has 5 heteroatoms. The maximum Gasteiger partial charge on any atom is 0.218 e. The van der Waals surface area contributed by atoms with Crippen molar-refractivity contribution in [2.24, 2.45) is 0 Å². The number of hydrogen-bond donors (Lipinski definition) is 0. The maximum atomic E-state index is 12.7. The van der Waals surface area contributed by atoms with Crippen molar-refractivity contribution >= 4 is 15.7 Å². The summed E-state index contributed by atoms with van der Waals surface area (Å²) in [4.78, 5) is 2.27. The molecule has 0 N–H and O–H groups in total. The number of aryl methyl sites for hydroxylation is 1. The smallest absolute Gasteiger partial charge is 0.218 e. The SMILES string of the molecule is Cc1ccc(CS(=O)(=O)N2CCCN(c3ccccc3)CC2)cc1. The number of benzene rings is 2. The Morgan fingerprint density at radius 3 is 2.29 bits per heavy atom. The number of nitrogens with zero attached hydrogens (tertiary/aromatic N) is 2. The highest BCUT2D eigenvalue weighted by Crippen LogP contribution is 2.19. The Balaban J connectivity index is 1.67. The van der Waals surface area contributed by atoms with Gasteiger partial charge in [0.1, 0.15) is 0 Å². The average molecular weight is 344 g/mol. The summed E-state index contributed by atoms with van der Waals surface area (Å²) in [5.41, 5.74) is 3.16. The lowest BCUT2D eigenvalue weighted by Crippen LogP contribution is -2.36. The Labute approximate surface area is 144 Å². The number of sulfonamides is 1. The lowest BCUT2D eigenvalue weighted by atomic mass is 10.2. The molecule has 2 aromatic carbocycles. The van der Waals surface area contributed by atoms with Crippen molar-refractivity contribution in [3.05, 3.63) is 65.7 Å². The van der Waals surface area contributed by atoms with Crippen LogP contribution in [-0.4, -0.2) is 38.9 Å². The molecule has 0 bridgehead atoms. The van der Waals surface area contributed by atoms with E-state index in [1.54, 1.807) is 4.31 Å². The van der Waals surface area contributed by atoms with Crippen molar-refractivity contribution in [1.82, 2.24) is 4.31 Å². The minimum absolute atomic E-state index is 0.0820. The topological polar surface area (TPSA) is 40.6 Å². The van der Waals surface area contributed by atoms with Crippen LogP contribution in [0.3, 0.4) is 0 Å². The fraction of sp³-hybridized carbons (Fsp3) is 0.368. The van der Waals surface area contributed by atoms with E-state index in [1.165, 1.54) is 0 Å². The Bertz CT molecular complexity index is 758. The van der Waals surface area contributed by atoms with Gasteiger partial charge in [0, 0.05) is 31.9 Å². The van der Waals surface area contributed by atoms with E-state index in [-0.39, 0.29) is 5.75 Å². The van der Waals surface area contributed by atoms with Gasteiger partial charge in [0.2, 0.25) is 10.0 Å². The van der Waals surface area contributed by atoms with Crippen LogP contribution in [0.1, 0.15) is 17.5 Å². The number of anilines is 1. The molecule has 3 rings (SSSR count). The Kier molecular flexibility index (Phi) is 5.21. The van der Waals surface area contributed by atoms with Crippen molar-refractivity contribution in [3.63, 3.8) is 0 Å². The highest BCUT2D eigenvalue weighted by molar-refractivity contribution is 7.88. The van der Waals surface area contributed by atoms with E-state index in [1.807, 2.05) is 49.4 Å². The van der Waals surface area contributed by atoms with Gasteiger partial charge < -0.3 is 4.90 Å². The molecule has 0 spiro atoms. The standard InChI is InChI=1S/C19H24N2O2S/c1-17-8-10-18(11-9-17)16-24(22,23)21-13-5-12-20(14-15-21)19-6-3-2-4-7-19/h2-4,6-11H,5,12-16H2,1H3. The molecule has 1 fully saturated rings. The van der Waals surface area contributed by atoms with Gasteiger partial charge in [-0.2, -0.15) is 4.31 Å². The second-order valence-corrected chi connectivity index (χ2v) is 8.29. The molecule has 0 aliphatic carbocycles. The summed E-state index contributed by atoms with van der Waals surface area (Å²) < 4.78 is 27.1. The first-order chi connectivity index (χ1) is 11.5. The molecule has 1 aliphatic heterocycles. The van der Waals surface area contributed by atoms with E-state index in [4.69, 9.17) is 0 Å². The molecule has 24 heavy (non-hydrogen) atoms. The van der Waals surface area contributed by atoms with Crippen molar-refractivity contribution < 1.29 is 8.42 Å². The quantitative estimate of drug-likeness (QED) is 0.856. The van der Waals surface area contributed by atoms with Crippen LogP contribution >= 0.6 is 0 Å². The zero-order valence-corrected chi connectivity index (χ0v) is 14.9. The summed E-state index contributed by atoms with van der Waals surface area (Å²) in [6, 6.07) is 17.9. The van der Waals surface area contributed by atoms with Crippen LogP contribution < -0.4 is 4.90 Å². The summed E-state index contributed by atoms with van der Waals surface area (Å²) in [5, 5.41) is 0. The normalized spacial score (nSPS) is 16.8. The van der Waals surface area contributed by atoms with E-state index in [0.717, 1.165) is 36.3 Å². The number of hydrogen-bond acceptors (Lipinski definition) is 3. The largest absolute Gasteiger partial charge is 0.370 e. The fourth-order valence-corrected chi connectivity index (χ4v) is 4.62. The molecular weight excluding hydrogens is 320 g/mol. The predicted molar refractivity (Wildman–Crippen MR) is 98.6 cm³/mol. The maximum absolute atomic E-state index is 12.7. The molecule has 1 heterocycles. The van der Waals surface area contributed by atoms with Crippen molar-refractivity contribution in [2.75, 3.05) is 31.1 Å². The molecule has 0 atom stereocenters. The molecule has 2 aromatic rings. The zero-order valence-electron chi connectivity index (χ0n) is 14.1. The average Bonchev–Trinajstić information content (AvgIpc) is 2.84. The van der Waals surface area contributed by atoms with Crippen LogP contribution in [0, 0.1) is 6.92 Å². The lowest BCUT2D eigenvalue weighted by Gasteiger charge is -2.23. The summed E-state index contributed by atoms with van der Waals surface area (Å²) in [5.74, 6) is 0.0820. The van der Waals surface area contributed by atoms with Crippen LogP contribution in [0.5, 0.6) is 0 Å². The van der Waals surface area contributed by atoms with Gasteiger partial charge in [-0.3, -0.25) is 0 Å². The van der Waals surface area contributed by atoms with Gasteiger partial charge in [0.05, 0.1) is 5.75 Å². The lowest BCUT2D eigenvalue weighted by molar-refractivity contribution is 0.432. The first-order valence-corrected chi connectivity index (χ1v) is 9.99. The minimum atomic E-state index is -3.27. The van der Waals surface area contributed by atoms with Gasteiger partial charge in [-0.05, 0) is 31.0 Å². The number of para-hydroxylation sites is 1. The van der Waals surface area contributed by atoms with Crippen molar-refractivity contribution in [1.29, 1.82) is 0 Å². The first kappa shape index (κ1) is 17.0. The van der Waals surface area contributed by atoms with Crippen LogP contribution in [0.2, 0.25) is 0 Å². The third kappa shape index (κ3) is 4.16.